The summed E-state index contributed by atoms with van der Waals surface area (Å²) in [6.45, 7) is 0. The molecular weight excluding hydrogens is 232 g/mol. The van der Waals surface area contributed by atoms with Gasteiger partial charge in [0.05, 0.1) is 10.7 Å². The Hall–Kier alpha value is -1.61. The molecular formula is C12H8ClF2N. The van der Waals surface area contributed by atoms with Crippen LogP contribution in [0.4, 0.5) is 14.5 Å². The lowest BCUT2D eigenvalue weighted by molar-refractivity contribution is 0.628. The van der Waals surface area contributed by atoms with E-state index in [4.69, 9.17) is 17.3 Å². The van der Waals surface area contributed by atoms with Gasteiger partial charge in [-0.1, -0.05) is 29.8 Å². The lowest BCUT2D eigenvalue weighted by Gasteiger charge is -2.07. The van der Waals surface area contributed by atoms with Crippen LogP contribution in [0.2, 0.25) is 5.02 Å². The lowest BCUT2D eigenvalue weighted by Crippen LogP contribution is -1.93. The molecule has 0 unspecified atom stereocenters. The highest BCUT2D eigenvalue weighted by molar-refractivity contribution is 6.33. The molecule has 0 bridgehead atoms. The standard InChI is InChI=1S/C12H8ClF2N/c13-11-9(5-6-10(16)12(11)15)7-1-3-8(14)4-2-7/h1-6H,16H2. The zero-order valence-electron chi connectivity index (χ0n) is 8.18. The van der Waals surface area contributed by atoms with E-state index in [1.54, 1.807) is 6.07 Å². The van der Waals surface area contributed by atoms with Gasteiger partial charge in [0.2, 0.25) is 0 Å². The van der Waals surface area contributed by atoms with E-state index in [9.17, 15) is 8.78 Å². The lowest BCUT2D eigenvalue weighted by atomic mass is 10.1. The molecule has 0 spiro atoms. The molecule has 0 radical (unpaired) electrons. The fourth-order valence-corrected chi connectivity index (χ4v) is 1.70. The van der Waals surface area contributed by atoms with Crippen molar-refractivity contribution < 1.29 is 8.78 Å². The molecule has 82 valence electrons. The molecule has 0 fully saturated rings. The largest absolute Gasteiger partial charge is 0.396 e. The van der Waals surface area contributed by atoms with Crippen LogP contribution < -0.4 is 5.73 Å². The molecule has 0 aliphatic heterocycles. The van der Waals surface area contributed by atoms with Crippen molar-refractivity contribution >= 4 is 17.3 Å². The van der Waals surface area contributed by atoms with E-state index >= 15 is 0 Å². The molecule has 0 atom stereocenters. The van der Waals surface area contributed by atoms with Crippen molar-refractivity contribution in [3.63, 3.8) is 0 Å². The normalized spacial score (nSPS) is 10.4. The topological polar surface area (TPSA) is 26.0 Å². The third-order valence-corrected chi connectivity index (χ3v) is 2.64. The first-order valence-electron chi connectivity index (χ1n) is 4.59. The van der Waals surface area contributed by atoms with Crippen molar-refractivity contribution in [2.75, 3.05) is 5.73 Å². The van der Waals surface area contributed by atoms with Gasteiger partial charge in [-0.2, -0.15) is 0 Å². The average Bonchev–Trinajstić information content (AvgIpc) is 2.28. The van der Waals surface area contributed by atoms with E-state index < -0.39 is 5.82 Å². The van der Waals surface area contributed by atoms with E-state index in [-0.39, 0.29) is 16.5 Å². The maximum absolute atomic E-state index is 13.4. The van der Waals surface area contributed by atoms with E-state index in [0.29, 0.717) is 11.1 Å². The molecule has 0 aliphatic rings. The number of hydrogen-bond donors (Lipinski definition) is 1. The minimum atomic E-state index is -0.650. The first-order valence-corrected chi connectivity index (χ1v) is 4.97. The summed E-state index contributed by atoms with van der Waals surface area (Å²) in [6.07, 6.45) is 0. The van der Waals surface area contributed by atoms with Crippen LogP contribution >= 0.6 is 11.6 Å². The number of hydrogen-bond acceptors (Lipinski definition) is 1. The zero-order valence-corrected chi connectivity index (χ0v) is 8.93. The predicted molar refractivity (Wildman–Crippen MR) is 61.2 cm³/mol. The molecule has 2 aromatic carbocycles. The summed E-state index contributed by atoms with van der Waals surface area (Å²) in [7, 11) is 0. The van der Waals surface area contributed by atoms with Crippen LogP contribution in [0.1, 0.15) is 0 Å². The monoisotopic (exact) mass is 239 g/mol. The molecule has 0 saturated heterocycles. The fourth-order valence-electron chi connectivity index (χ4n) is 1.42. The van der Waals surface area contributed by atoms with Gasteiger partial charge >= 0.3 is 0 Å². The summed E-state index contributed by atoms with van der Waals surface area (Å²) in [6, 6.07) is 8.69. The highest BCUT2D eigenvalue weighted by Gasteiger charge is 2.10. The van der Waals surface area contributed by atoms with Gasteiger partial charge in [0.25, 0.3) is 0 Å². The first kappa shape index (κ1) is 10.9. The molecule has 4 heteroatoms. The average molecular weight is 240 g/mol. The molecule has 2 aromatic rings. The van der Waals surface area contributed by atoms with Crippen LogP contribution in [-0.4, -0.2) is 0 Å². The fraction of sp³-hybridized carbons (Fsp3) is 0. The Balaban J connectivity index is 2.57. The van der Waals surface area contributed by atoms with Gasteiger partial charge in [0.1, 0.15) is 5.82 Å². The Bertz CT molecular complexity index is 523. The van der Waals surface area contributed by atoms with E-state index in [1.165, 1.54) is 30.3 Å². The van der Waals surface area contributed by atoms with Gasteiger partial charge in [-0.15, -0.1) is 0 Å². The third-order valence-electron chi connectivity index (χ3n) is 2.27. The van der Waals surface area contributed by atoms with Crippen molar-refractivity contribution in [1.29, 1.82) is 0 Å². The Labute approximate surface area is 96.5 Å². The van der Waals surface area contributed by atoms with Gasteiger partial charge in [-0.3, -0.25) is 0 Å². The maximum atomic E-state index is 13.4. The molecule has 0 saturated carbocycles. The second kappa shape index (κ2) is 4.10. The van der Waals surface area contributed by atoms with Crippen LogP contribution in [0.3, 0.4) is 0 Å². The smallest absolute Gasteiger partial charge is 0.165 e. The number of halogens is 3. The van der Waals surface area contributed by atoms with Crippen molar-refractivity contribution in [2.24, 2.45) is 0 Å². The predicted octanol–water partition coefficient (Wildman–Crippen LogP) is 3.87. The maximum Gasteiger partial charge on any atom is 0.165 e. The number of benzene rings is 2. The number of nitrogen functional groups attached to an aromatic ring is 1. The van der Waals surface area contributed by atoms with Gasteiger partial charge in [-0.25, -0.2) is 8.78 Å². The van der Waals surface area contributed by atoms with Crippen LogP contribution in [0, 0.1) is 11.6 Å². The molecule has 0 aromatic heterocycles. The Morgan fingerprint density at radius 1 is 0.938 bits per heavy atom. The van der Waals surface area contributed by atoms with Crippen molar-refractivity contribution in [2.45, 2.75) is 0 Å². The minimum absolute atomic E-state index is 0.00383. The van der Waals surface area contributed by atoms with Crippen LogP contribution in [0.15, 0.2) is 36.4 Å². The minimum Gasteiger partial charge on any atom is -0.396 e. The summed E-state index contributed by atoms with van der Waals surface area (Å²) < 4.78 is 26.1. The molecule has 0 aliphatic carbocycles. The summed E-state index contributed by atoms with van der Waals surface area (Å²) in [5.74, 6) is -1.00. The van der Waals surface area contributed by atoms with Crippen LogP contribution in [0.25, 0.3) is 11.1 Å². The molecule has 2 rings (SSSR count). The van der Waals surface area contributed by atoms with E-state index in [0.717, 1.165) is 0 Å². The third kappa shape index (κ3) is 1.86. The van der Waals surface area contributed by atoms with Crippen molar-refractivity contribution in [3.8, 4) is 11.1 Å². The number of nitrogens with two attached hydrogens (primary N) is 1. The first-order chi connectivity index (χ1) is 7.59. The van der Waals surface area contributed by atoms with E-state index in [1.807, 2.05) is 0 Å². The van der Waals surface area contributed by atoms with Gasteiger partial charge in [-0.05, 0) is 23.8 Å². The highest BCUT2D eigenvalue weighted by Crippen LogP contribution is 2.32. The Morgan fingerprint density at radius 2 is 1.56 bits per heavy atom. The number of anilines is 1. The van der Waals surface area contributed by atoms with E-state index in [2.05, 4.69) is 0 Å². The van der Waals surface area contributed by atoms with Crippen molar-refractivity contribution in [3.05, 3.63) is 53.1 Å². The number of rotatable bonds is 1. The molecule has 1 nitrogen and oxygen atoms in total. The van der Waals surface area contributed by atoms with Crippen LogP contribution in [0.5, 0.6) is 0 Å². The molecule has 2 N–H and O–H groups in total. The second-order valence-corrected chi connectivity index (χ2v) is 3.72. The second-order valence-electron chi connectivity index (χ2n) is 3.34. The van der Waals surface area contributed by atoms with Crippen molar-refractivity contribution in [1.82, 2.24) is 0 Å². The summed E-state index contributed by atoms with van der Waals surface area (Å²) >= 11 is 5.82. The molecule has 0 heterocycles. The highest BCUT2D eigenvalue weighted by atomic mass is 35.5. The van der Waals surface area contributed by atoms with Gasteiger partial charge in [0, 0.05) is 5.56 Å². The van der Waals surface area contributed by atoms with Crippen LogP contribution in [-0.2, 0) is 0 Å². The Kier molecular flexibility index (Phi) is 2.79. The molecule has 16 heavy (non-hydrogen) atoms. The van der Waals surface area contributed by atoms with Gasteiger partial charge in [0.15, 0.2) is 5.82 Å². The summed E-state index contributed by atoms with van der Waals surface area (Å²) in [4.78, 5) is 0. The van der Waals surface area contributed by atoms with Gasteiger partial charge < -0.3 is 5.73 Å². The summed E-state index contributed by atoms with van der Waals surface area (Å²) in [5.41, 5.74) is 6.51. The molecule has 0 amide bonds. The Morgan fingerprint density at radius 3 is 2.19 bits per heavy atom. The SMILES string of the molecule is Nc1ccc(-c2ccc(F)cc2)c(Cl)c1F. The zero-order chi connectivity index (χ0) is 11.7. The quantitative estimate of drug-likeness (QED) is 0.751. The summed E-state index contributed by atoms with van der Waals surface area (Å²) in [5, 5.41) is -0.0494.